The second kappa shape index (κ2) is 9.78. The van der Waals surface area contributed by atoms with Crippen molar-refractivity contribution >= 4 is 23.1 Å². The van der Waals surface area contributed by atoms with Crippen LogP contribution in [0.2, 0.25) is 0 Å². The van der Waals surface area contributed by atoms with E-state index in [1.54, 1.807) is 31.5 Å². The third kappa shape index (κ3) is 4.77. The number of methoxy groups -OCH3 is 1. The van der Waals surface area contributed by atoms with Gasteiger partial charge in [0.05, 0.1) is 19.9 Å². The zero-order valence-electron chi connectivity index (χ0n) is 17.0. The Labute approximate surface area is 170 Å². The molecule has 0 spiro atoms. The molecule has 6 nitrogen and oxygen atoms in total. The monoisotopic (exact) mass is 394 g/mol. The second-order valence-corrected chi connectivity index (χ2v) is 6.56. The van der Waals surface area contributed by atoms with E-state index < -0.39 is 0 Å². The Morgan fingerprint density at radius 1 is 1.17 bits per heavy atom. The van der Waals surface area contributed by atoms with Gasteiger partial charge < -0.3 is 13.9 Å². The van der Waals surface area contributed by atoms with Crippen molar-refractivity contribution in [2.45, 2.75) is 33.1 Å². The summed E-state index contributed by atoms with van der Waals surface area (Å²) >= 11 is 0. The molecule has 6 heteroatoms. The summed E-state index contributed by atoms with van der Waals surface area (Å²) in [6, 6.07) is 12.9. The Balaban J connectivity index is 1.72. The topological polar surface area (TPSA) is 73.1 Å². The van der Waals surface area contributed by atoms with Crippen molar-refractivity contribution in [3.8, 4) is 11.5 Å². The number of fused-ring (bicyclic) bond motifs is 1. The molecule has 2 aromatic carbocycles. The fourth-order valence-electron chi connectivity index (χ4n) is 2.99. The molecule has 0 saturated heterocycles. The van der Waals surface area contributed by atoms with Crippen molar-refractivity contribution in [3.63, 3.8) is 0 Å². The molecule has 1 aromatic heterocycles. The van der Waals surface area contributed by atoms with E-state index in [1.807, 2.05) is 31.2 Å². The number of carbonyl (C=O) groups excluding carboxylic acids is 1. The number of benzene rings is 2. The number of nitrogens with one attached hydrogen (secondary N) is 1. The van der Waals surface area contributed by atoms with Crippen LogP contribution in [-0.2, 0) is 6.42 Å². The van der Waals surface area contributed by atoms with Gasteiger partial charge in [-0.2, -0.15) is 5.10 Å². The molecule has 0 aliphatic heterocycles. The normalized spacial score (nSPS) is 11.1. The Morgan fingerprint density at radius 3 is 2.76 bits per heavy atom. The summed E-state index contributed by atoms with van der Waals surface area (Å²) in [7, 11) is 1.55. The molecule has 0 bridgehead atoms. The molecule has 29 heavy (non-hydrogen) atoms. The van der Waals surface area contributed by atoms with Crippen molar-refractivity contribution < 1.29 is 18.7 Å². The lowest BCUT2D eigenvalue weighted by atomic mass is 10.1. The Bertz CT molecular complexity index is 1010. The maximum atomic E-state index is 12.5. The van der Waals surface area contributed by atoms with E-state index in [9.17, 15) is 4.79 Å². The number of hydrogen-bond acceptors (Lipinski definition) is 5. The summed E-state index contributed by atoms with van der Waals surface area (Å²) < 4.78 is 16.9. The fourth-order valence-corrected chi connectivity index (χ4v) is 2.99. The van der Waals surface area contributed by atoms with Gasteiger partial charge in [0.2, 0.25) is 0 Å². The van der Waals surface area contributed by atoms with Crippen LogP contribution in [0.5, 0.6) is 11.5 Å². The molecular formula is C23H26N2O4. The van der Waals surface area contributed by atoms with E-state index in [0.717, 1.165) is 41.6 Å². The largest absolute Gasteiger partial charge is 0.493 e. The molecule has 1 amide bonds. The summed E-state index contributed by atoms with van der Waals surface area (Å²) in [6.07, 6.45) is 4.37. The summed E-state index contributed by atoms with van der Waals surface area (Å²) in [5.74, 6) is 1.65. The predicted molar refractivity (Wildman–Crippen MR) is 114 cm³/mol. The van der Waals surface area contributed by atoms with Gasteiger partial charge in [-0.15, -0.1) is 0 Å². The second-order valence-electron chi connectivity index (χ2n) is 6.56. The number of furan rings is 1. The van der Waals surface area contributed by atoms with Crippen LogP contribution >= 0.6 is 0 Å². The highest BCUT2D eigenvalue weighted by Crippen LogP contribution is 2.28. The molecule has 3 aromatic rings. The van der Waals surface area contributed by atoms with Crippen molar-refractivity contribution in [2.75, 3.05) is 13.7 Å². The van der Waals surface area contributed by atoms with Crippen LogP contribution in [0.15, 0.2) is 52.0 Å². The first-order valence-electron chi connectivity index (χ1n) is 9.82. The molecule has 152 valence electrons. The van der Waals surface area contributed by atoms with Gasteiger partial charge in [-0.1, -0.05) is 38.5 Å². The first-order valence-corrected chi connectivity index (χ1v) is 9.82. The molecule has 1 N–H and O–H groups in total. The number of carbonyl (C=O) groups is 1. The number of hydrazone groups is 1. The Hall–Kier alpha value is -3.28. The number of aryl methyl sites for hydroxylation is 1. The predicted octanol–water partition coefficient (Wildman–Crippen LogP) is 4.95. The average molecular weight is 394 g/mol. The zero-order chi connectivity index (χ0) is 20.6. The molecule has 0 aliphatic rings. The highest BCUT2D eigenvalue weighted by molar-refractivity contribution is 6.00. The smallest absolute Gasteiger partial charge is 0.271 e. The summed E-state index contributed by atoms with van der Waals surface area (Å²) in [4.78, 5) is 12.5. The maximum absolute atomic E-state index is 12.5. The third-order valence-corrected chi connectivity index (χ3v) is 4.57. The van der Waals surface area contributed by atoms with Gasteiger partial charge in [0.1, 0.15) is 11.3 Å². The van der Waals surface area contributed by atoms with E-state index in [-0.39, 0.29) is 5.91 Å². The molecular weight excluding hydrogens is 368 g/mol. The molecule has 0 radical (unpaired) electrons. The molecule has 0 saturated carbocycles. The number of ether oxygens (including phenoxy) is 2. The van der Waals surface area contributed by atoms with E-state index in [0.29, 0.717) is 23.7 Å². The molecule has 3 rings (SSSR count). The summed E-state index contributed by atoms with van der Waals surface area (Å²) in [6.45, 7) is 4.73. The zero-order valence-corrected chi connectivity index (χ0v) is 17.0. The number of nitrogens with zero attached hydrogens (tertiary/aromatic N) is 1. The fraction of sp³-hybridized carbons (Fsp3) is 0.304. The van der Waals surface area contributed by atoms with Crippen LogP contribution < -0.4 is 14.9 Å². The third-order valence-electron chi connectivity index (χ3n) is 4.57. The van der Waals surface area contributed by atoms with E-state index in [1.165, 1.54) is 0 Å². The van der Waals surface area contributed by atoms with Crippen LogP contribution in [0.1, 0.15) is 48.4 Å². The van der Waals surface area contributed by atoms with Gasteiger partial charge in [-0.3, -0.25) is 4.79 Å². The average Bonchev–Trinajstić information content (AvgIpc) is 3.11. The van der Waals surface area contributed by atoms with Gasteiger partial charge in [0, 0.05) is 22.9 Å². The first-order chi connectivity index (χ1) is 14.2. The van der Waals surface area contributed by atoms with Crippen LogP contribution in [0.25, 0.3) is 11.0 Å². The van der Waals surface area contributed by atoms with E-state index in [4.69, 9.17) is 13.9 Å². The SMILES string of the molecule is CCCCOc1ccc(C(=O)N/N=C\c2c(CC)oc3ccccc23)cc1OC. The number of rotatable bonds is 9. The highest BCUT2D eigenvalue weighted by atomic mass is 16.5. The van der Waals surface area contributed by atoms with Gasteiger partial charge in [-0.25, -0.2) is 5.43 Å². The number of para-hydroxylation sites is 1. The Kier molecular flexibility index (Phi) is 6.89. The molecule has 0 unspecified atom stereocenters. The first kappa shape index (κ1) is 20.5. The van der Waals surface area contributed by atoms with E-state index >= 15 is 0 Å². The number of amides is 1. The van der Waals surface area contributed by atoms with Crippen LogP contribution in [0.4, 0.5) is 0 Å². The van der Waals surface area contributed by atoms with Crippen LogP contribution in [0.3, 0.4) is 0 Å². The minimum Gasteiger partial charge on any atom is -0.493 e. The van der Waals surface area contributed by atoms with Crippen LogP contribution in [0, 0.1) is 0 Å². The standard InChI is InChI=1S/C23H26N2O4/c1-4-6-13-28-21-12-11-16(14-22(21)27-3)23(26)25-24-15-18-17-9-7-8-10-20(17)29-19(18)5-2/h7-12,14-15H,4-6,13H2,1-3H3,(H,25,26)/b24-15-. The lowest BCUT2D eigenvalue weighted by molar-refractivity contribution is 0.0954. The lowest BCUT2D eigenvalue weighted by Gasteiger charge is -2.11. The van der Waals surface area contributed by atoms with Gasteiger partial charge in [0.25, 0.3) is 5.91 Å². The van der Waals surface area contributed by atoms with Gasteiger partial charge >= 0.3 is 0 Å². The van der Waals surface area contributed by atoms with Crippen molar-refractivity contribution in [3.05, 3.63) is 59.4 Å². The van der Waals surface area contributed by atoms with Crippen molar-refractivity contribution in [2.24, 2.45) is 5.10 Å². The molecule has 0 fully saturated rings. The van der Waals surface area contributed by atoms with Gasteiger partial charge in [0.15, 0.2) is 11.5 Å². The molecule has 0 atom stereocenters. The van der Waals surface area contributed by atoms with Crippen LogP contribution in [-0.4, -0.2) is 25.8 Å². The number of unbranched alkanes of at least 4 members (excludes halogenated alkanes) is 1. The quantitative estimate of drug-likeness (QED) is 0.317. The van der Waals surface area contributed by atoms with E-state index in [2.05, 4.69) is 17.5 Å². The maximum Gasteiger partial charge on any atom is 0.271 e. The van der Waals surface area contributed by atoms with Crippen molar-refractivity contribution in [1.82, 2.24) is 5.43 Å². The summed E-state index contributed by atoms with van der Waals surface area (Å²) in [5, 5.41) is 5.10. The number of hydrogen-bond donors (Lipinski definition) is 1. The van der Waals surface area contributed by atoms with Gasteiger partial charge in [-0.05, 0) is 30.7 Å². The minimum absolute atomic E-state index is 0.328. The molecule has 0 aliphatic carbocycles. The Morgan fingerprint density at radius 2 is 2.00 bits per heavy atom. The van der Waals surface area contributed by atoms with Crippen molar-refractivity contribution in [1.29, 1.82) is 0 Å². The summed E-state index contributed by atoms with van der Waals surface area (Å²) in [5.41, 5.74) is 4.69. The highest BCUT2D eigenvalue weighted by Gasteiger charge is 2.12. The minimum atomic E-state index is -0.328. The lowest BCUT2D eigenvalue weighted by Crippen LogP contribution is -2.17. The molecule has 1 heterocycles.